The van der Waals surface area contributed by atoms with Crippen molar-refractivity contribution in [2.45, 2.75) is 43.0 Å². The van der Waals surface area contributed by atoms with E-state index in [1.165, 1.54) is 4.31 Å². The van der Waals surface area contributed by atoms with Gasteiger partial charge in [0.05, 0.1) is 21.2 Å². The molecular weight excluding hydrogens is 430 g/mol. The molecule has 2 aromatic carbocycles. The molecule has 3 heterocycles. The SMILES string of the molecule is O=C(c1ccc(S(=O)(=O)N2CCCC2)cc1)N1CCCC[C@H]1c1nc2ccccc2s1. The van der Waals surface area contributed by atoms with Crippen LogP contribution < -0.4 is 0 Å². The topological polar surface area (TPSA) is 70.6 Å². The average molecular weight is 456 g/mol. The number of fused-ring (bicyclic) bond motifs is 1. The standard InChI is InChI=1S/C23H25N3O3S2/c27-23(17-10-12-18(13-11-17)31(28,29)25-14-5-6-15-25)26-16-4-3-8-20(26)22-24-19-7-1-2-9-21(19)30-22/h1-2,7,9-13,20H,3-6,8,14-16H2/t20-/m0/s1. The van der Waals surface area contributed by atoms with Crippen LogP contribution in [0.15, 0.2) is 53.4 Å². The summed E-state index contributed by atoms with van der Waals surface area (Å²) in [5, 5.41) is 0.975. The fraction of sp³-hybridized carbons (Fsp3) is 0.391. The first-order chi connectivity index (χ1) is 15.0. The van der Waals surface area contributed by atoms with Crippen LogP contribution in [0, 0.1) is 0 Å². The first-order valence-corrected chi connectivity index (χ1v) is 13.1. The highest BCUT2D eigenvalue weighted by atomic mass is 32.2. The normalized spacial score (nSPS) is 20.4. The van der Waals surface area contributed by atoms with E-state index < -0.39 is 10.0 Å². The maximum Gasteiger partial charge on any atom is 0.254 e. The van der Waals surface area contributed by atoms with Crippen molar-refractivity contribution in [2.75, 3.05) is 19.6 Å². The quantitative estimate of drug-likeness (QED) is 0.583. The first-order valence-electron chi connectivity index (χ1n) is 10.8. The molecule has 0 aliphatic carbocycles. The molecule has 2 saturated heterocycles. The second-order valence-corrected chi connectivity index (χ2v) is 11.2. The fourth-order valence-corrected chi connectivity index (χ4v) is 7.11. The van der Waals surface area contributed by atoms with Gasteiger partial charge >= 0.3 is 0 Å². The average Bonchev–Trinajstić information content (AvgIpc) is 3.49. The number of thiazole rings is 1. The summed E-state index contributed by atoms with van der Waals surface area (Å²) in [5.41, 5.74) is 1.49. The van der Waals surface area contributed by atoms with Crippen LogP contribution in [-0.2, 0) is 10.0 Å². The number of carbonyl (C=O) groups excluding carboxylic acids is 1. The Hall–Kier alpha value is -2.29. The number of likely N-dealkylation sites (tertiary alicyclic amines) is 1. The molecule has 2 fully saturated rings. The number of sulfonamides is 1. The third kappa shape index (κ3) is 3.88. The van der Waals surface area contributed by atoms with Crippen LogP contribution in [-0.4, -0.2) is 48.1 Å². The summed E-state index contributed by atoms with van der Waals surface area (Å²) >= 11 is 1.65. The molecule has 1 atom stereocenters. The molecular formula is C23H25N3O3S2. The van der Waals surface area contributed by atoms with E-state index >= 15 is 0 Å². The van der Waals surface area contributed by atoms with Gasteiger partial charge in [-0.25, -0.2) is 13.4 Å². The highest BCUT2D eigenvalue weighted by Gasteiger charge is 2.32. The van der Waals surface area contributed by atoms with Crippen molar-refractivity contribution in [3.05, 3.63) is 59.1 Å². The maximum absolute atomic E-state index is 13.4. The van der Waals surface area contributed by atoms with Crippen LogP contribution in [0.2, 0.25) is 0 Å². The molecule has 31 heavy (non-hydrogen) atoms. The van der Waals surface area contributed by atoms with Crippen molar-refractivity contribution in [3.8, 4) is 0 Å². The van der Waals surface area contributed by atoms with E-state index in [0.717, 1.165) is 47.3 Å². The summed E-state index contributed by atoms with van der Waals surface area (Å²) in [6.45, 7) is 1.83. The second-order valence-electron chi connectivity index (χ2n) is 8.17. The van der Waals surface area contributed by atoms with Gasteiger partial charge in [0.25, 0.3) is 5.91 Å². The van der Waals surface area contributed by atoms with E-state index in [0.29, 0.717) is 25.2 Å². The number of hydrogen-bond acceptors (Lipinski definition) is 5. The molecule has 2 aliphatic heterocycles. The van der Waals surface area contributed by atoms with Gasteiger partial charge in [-0.2, -0.15) is 4.31 Å². The Bertz CT molecular complexity index is 1170. The number of carbonyl (C=O) groups is 1. The molecule has 3 aromatic rings. The fourth-order valence-electron chi connectivity index (χ4n) is 4.48. The number of para-hydroxylation sites is 1. The first kappa shape index (κ1) is 20.6. The molecule has 0 unspecified atom stereocenters. The summed E-state index contributed by atoms with van der Waals surface area (Å²) in [4.78, 5) is 20.3. The molecule has 0 spiro atoms. The summed E-state index contributed by atoms with van der Waals surface area (Å²) in [6.07, 6.45) is 4.73. The molecule has 5 rings (SSSR count). The summed E-state index contributed by atoms with van der Waals surface area (Å²) < 4.78 is 28.2. The van der Waals surface area contributed by atoms with Gasteiger partial charge in [0.1, 0.15) is 5.01 Å². The van der Waals surface area contributed by atoms with Crippen LogP contribution in [0.4, 0.5) is 0 Å². The lowest BCUT2D eigenvalue weighted by atomic mass is 10.0. The van der Waals surface area contributed by atoms with E-state index in [4.69, 9.17) is 4.98 Å². The lowest BCUT2D eigenvalue weighted by Gasteiger charge is -2.34. The predicted octanol–water partition coefficient (Wildman–Crippen LogP) is 4.45. The van der Waals surface area contributed by atoms with Crippen LogP contribution in [0.3, 0.4) is 0 Å². The van der Waals surface area contributed by atoms with Crippen LogP contribution in [0.25, 0.3) is 10.2 Å². The molecule has 2 aliphatic rings. The van der Waals surface area contributed by atoms with E-state index in [-0.39, 0.29) is 16.8 Å². The lowest BCUT2D eigenvalue weighted by molar-refractivity contribution is 0.0611. The Labute approximate surface area is 186 Å². The monoisotopic (exact) mass is 455 g/mol. The van der Waals surface area contributed by atoms with Gasteiger partial charge in [-0.3, -0.25) is 4.79 Å². The van der Waals surface area contributed by atoms with Gasteiger partial charge in [-0.05, 0) is 68.5 Å². The number of nitrogens with zero attached hydrogens (tertiary/aromatic N) is 3. The number of piperidine rings is 1. The van der Waals surface area contributed by atoms with E-state index in [2.05, 4.69) is 6.07 Å². The number of aromatic nitrogens is 1. The van der Waals surface area contributed by atoms with Crippen LogP contribution in [0.5, 0.6) is 0 Å². The van der Waals surface area contributed by atoms with Gasteiger partial charge in [-0.15, -0.1) is 11.3 Å². The largest absolute Gasteiger partial charge is 0.329 e. The van der Waals surface area contributed by atoms with Crippen LogP contribution >= 0.6 is 11.3 Å². The highest BCUT2D eigenvalue weighted by molar-refractivity contribution is 7.89. The maximum atomic E-state index is 13.4. The smallest absolute Gasteiger partial charge is 0.254 e. The molecule has 1 aromatic heterocycles. The minimum Gasteiger partial charge on any atom is -0.329 e. The predicted molar refractivity (Wildman–Crippen MR) is 122 cm³/mol. The Morgan fingerprint density at radius 1 is 0.935 bits per heavy atom. The summed E-state index contributed by atoms with van der Waals surface area (Å²) in [5.74, 6) is -0.0610. The van der Waals surface area contributed by atoms with Gasteiger partial charge in [-0.1, -0.05) is 12.1 Å². The second kappa shape index (κ2) is 8.33. The van der Waals surface area contributed by atoms with Crippen molar-refractivity contribution >= 4 is 37.5 Å². The Kier molecular flexibility index (Phi) is 5.54. The molecule has 1 amide bonds. The summed E-state index contributed by atoms with van der Waals surface area (Å²) in [6, 6.07) is 14.4. The highest BCUT2D eigenvalue weighted by Crippen LogP contribution is 2.36. The van der Waals surface area contributed by atoms with E-state index in [1.807, 2.05) is 23.1 Å². The Balaban J connectivity index is 1.40. The molecule has 162 valence electrons. The van der Waals surface area contributed by atoms with Crippen molar-refractivity contribution < 1.29 is 13.2 Å². The molecule has 0 N–H and O–H groups in total. The Morgan fingerprint density at radius 3 is 2.39 bits per heavy atom. The third-order valence-corrected chi connectivity index (χ3v) is 9.21. The lowest BCUT2D eigenvalue weighted by Crippen LogP contribution is -2.38. The van der Waals surface area contributed by atoms with Gasteiger partial charge in [0, 0.05) is 25.2 Å². The zero-order valence-electron chi connectivity index (χ0n) is 17.2. The zero-order chi connectivity index (χ0) is 21.4. The van der Waals surface area contributed by atoms with E-state index in [1.54, 1.807) is 35.6 Å². The minimum absolute atomic E-state index is 0.0355. The molecule has 8 heteroatoms. The van der Waals surface area contributed by atoms with Gasteiger partial charge in [0.2, 0.25) is 10.0 Å². The van der Waals surface area contributed by atoms with Crippen molar-refractivity contribution in [1.29, 1.82) is 0 Å². The number of rotatable bonds is 4. The molecule has 0 saturated carbocycles. The van der Waals surface area contributed by atoms with Gasteiger partial charge in [0.15, 0.2) is 0 Å². The van der Waals surface area contributed by atoms with E-state index in [9.17, 15) is 13.2 Å². The molecule has 0 radical (unpaired) electrons. The third-order valence-electron chi connectivity index (χ3n) is 6.16. The van der Waals surface area contributed by atoms with Crippen molar-refractivity contribution in [3.63, 3.8) is 0 Å². The van der Waals surface area contributed by atoms with Gasteiger partial charge < -0.3 is 4.90 Å². The zero-order valence-corrected chi connectivity index (χ0v) is 18.9. The number of amides is 1. The number of hydrogen-bond donors (Lipinski definition) is 0. The minimum atomic E-state index is -3.47. The summed E-state index contributed by atoms with van der Waals surface area (Å²) in [7, 11) is -3.47. The van der Waals surface area contributed by atoms with Crippen LogP contribution in [0.1, 0.15) is 53.5 Å². The molecule has 0 bridgehead atoms. The number of benzene rings is 2. The van der Waals surface area contributed by atoms with Crippen molar-refractivity contribution in [1.82, 2.24) is 14.2 Å². The van der Waals surface area contributed by atoms with Crippen molar-refractivity contribution in [2.24, 2.45) is 0 Å². The molecule has 6 nitrogen and oxygen atoms in total. The Morgan fingerprint density at radius 2 is 1.65 bits per heavy atom.